The molecule has 23 heavy (non-hydrogen) atoms. The molecule has 0 radical (unpaired) electrons. The molecule has 2 atom stereocenters. The number of pyridine rings is 1. The van der Waals surface area contributed by atoms with E-state index >= 15 is 0 Å². The molecule has 1 saturated heterocycles. The fourth-order valence-electron chi connectivity index (χ4n) is 3.01. The van der Waals surface area contributed by atoms with Gasteiger partial charge >= 0.3 is 0 Å². The van der Waals surface area contributed by atoms with E-state index in [0.717, 1.165) is 11.3 Å². The van der Waals surface area contributed by atoms with E-state index in [-0.39, 0.29) is 17.8 Å². The first-order chi connectivity index (χ1) is 11.1. The number of halogens is 1. The van der Waals surface area contributed by atoms with Crippen LogP contribution in [0.15, 0.2) is 48.7 Å². The number of carbonyl (C=O) groups is 1. The summed E-state index contributed by atoms with van der Waals surface area (Å²) in [6, 6.07) is 11.6. The number of aliphatic hydroxyl groups excluding tert-OH is 1. The van der Waals surface area contributed by atoms with E-state index in [2.05, 4.69) is 4.98 Å². The van der Waals surface area contributed by atoms with Gasteiger partial charge in [-0.1, -0.05) is 18.2 Å². The van der Waals surface area contributed by atoms with E-state index in [0.29, 0.717) is 25.8 Å². The second-order valence-corrected chi connectivity index (χ2v) is 5.82. The molecule has 1 aromatic carbocycles. The van der Waals surface area contributed by atoms with Crippen LogP contribution in [-0.2, 0) is 11.2 Å². The first kappa shape index (κ1) is 15.6. The summed E-state index contributed by atoms with van der Waals surface area (Å²) in [5.41, 5.74) is 1.73. The number of likely N-dealkylation sites (tertiary alicyclic amines) is 1. The fourth-order valence-corrected chi connectivity index (χ4v) is 3.01. The Labute approximate surface area is 134 Å². The zero-order chi connectivity index (χ0) is 16.2. The molecule has 3 rings (SSSR count). The van der Waals surface area contributed by atoms with Gasteiger partial charge in [0.2, 0.25) is 5.91 Å². The molecule has 120 valence electrons. The second-order valence-electron chi connectivity index (χ2n) is 5.82. The minimum Gasteiger partial charge on any atom is -0.391 e. The van der Waals surface area contributed by atoms with Crippen LogP contribution in [0.4, 0.5) is 4.39 Å². The van der Waals surface area contributed by atoms with Gasteiger partial charge in [0.15, 0.2) is 0 Å². The lowest BCUT2D eigenvalue weighted by Crippen LogP contribution is -2.32. The lowest BCUT2D eigenvalue weighted by molar-refractivity contribution is -0.132. The van der Waals surface area contributed by atoms with Gasteiger partial charge < -0.3 is 10.0 Å². The number of aliphatic hydroxyl groups is 1. The summed E-state index contributed by atoms with van der Waals surface area (Å²) in [5.74, 6) is -0.318. The maximum Gasteiger partial charge on any atom is 0.223 e. The van der Waals surface area contributed by atoms with Crippen LogP contribution in [0.5, 0.6) is 0 Å². The molecular formula is C18H19FN2O2. The fraction of sp³-hybridized carbons (Fsp3) is 0.333. The van der Waals surface area contributed by atoms with Crippen molar-refractivity contribution in [3.05, 3.63) is 65.7 Å². The van der Waals surface area contributed by atoms with Crippen LogP contribution >= 0.6 is 0 Å². The molecule has 1 N–H and O–H groups in total. The second kappa shape index (κ2) is 6.87. The van der Waals surface area contributed by atoms with Gasteiger partial charge in [0.05, 0.1) is 12.1 Å². The smallest absolute Gasteiger partial charge is 0.223 e. The average Bonchev–Trinajstić information content (AvgIpc) is 2.96. The molecule has 4 nitrogen and oxygen atoms in total. The summed E-state index contributed by atoms with van der Waals surface area (Å²) >= 11 is 0. The van der Waals surface area contributed by atoms with Crippen molar-refractivity contribution < 1.29 is 14.3 Å². The molecule has 0 aliphatic carbocycles. The van der Waals surface area contributed by atoms with Gasteiger partial charge in [-0.05, 0) is 42.7 Å². The van der Waals surface area contributed by atoms with Crippen LogP contribution < -0.4 is 0 Å². The summed E-state index contributed by atoms with van der Waals surface area (Å²) in [7, 11) is 0. The van der Waals surface area contributed by atoms with Crippen LogP contribution in [0.3, 0.4) is 0 Å². The number of hydrogen-bond acceptors (Lipinski definition) is 3. The highest BCUT2D eigenvalue weighted by molar-refractivity contribution is 5.77. The highest BCUT2D eigenvalue weighted by Crippen LogP contribution is 2.32. The molecule has 1 aromatic heterocycles. The van der Waals surface area contributed by atoms with E-state index < -0.39 is 6.10 Å². The Balaban J connectivity index is 1.69. The number of β-amino-alcohol motifs (C(OH)–C–C–N with tert-alkyl or cyclic N) is 1. The van der Waals surface area contributed by atoms with Gasteiger partial charge in [0.25, 0.3) is 0 Å². The highest BCUT2D eigenvalue weighted by Gasteiger charge is 2.34. The Morgan fingerprint density at radius 1 is 1.26 bits per heavy atom. The maximum absolute atomic E-state index is 13.1. The molecule has 5 heteroatoms. The Bertz CT molecular complexity index is 660. The predicted octanol–water partition coefficient (Wildman–Crippen LogP) is 2.49. The van der Waals surface area contributed by atoms with Crippen molar-refractivity contribution in [1.82, 2.24) is 9.88 Å². The van der Waals surface area contributed by atoms with Crippen LogP contribution in [0.1, 0.15) is 30.1 Å². The van der Waals surface area contributed by atoms with Crippen LogP contribution in [0.25, 0.3) is 0 Å². The number of aromatic nitrogens is 1. The molecule has 1 aliphatic heterocycles. The topological polar surface area (TPSA) is 53.4 Å². The predicted molar refractivity (Wildman–Crippen MR) is 84.0 cm³/mol. The molecule has 0 unspecified atom stereocenters. The van der Waals surface area contributed by atoms with Crippen molar-refractivity contribution in [3.63, 3.8) is 0 Å². The zero-order valence-electron chi connectivity index (χ0n) is 12.7. The van der Waals surface area contributed by atoms with Crippen LogP contribution in [-0.4, -0.2) is 33.5 Å². The van der Waals surface area contributed by atoms with E-state index in [1.54, 1.807) is 23.2 Å². The largest absolute Gasteiger partial charge is 0.391 e. The molecule has 0 bridgehead atoms. The number of carbonyl (C=O) groups excluding carboxylic acids is 1. The normalized spacial score (nSPS) is 20.7. The van der Waals surface area contributed by atoms with E-state index in [9.17, 15) is 14.3 Å². The van der Waals surface area contributed by atoms with Crippen molar-refractivity contribution >= 4 is 5.91 Å². The van der Waals surface area contributed by atoms with Gasteiger partial charge in [-0.2, -0.15) is 0 Å². The van der Waals surface area contributed by atoms with Crippen LogP contribution in [0, 0.1) is 5.82 Å². The Morgan fingerprint density at radius 3 is 2.74 bits per heavy atom. The van der Waals surface area contributed by atoms with Crippen molar-refractivity contribution in [2.75, 3.05) is 6.54 Å². The molecule has 2 aromatic rings. The standard InChI is InChI=1S/C18H19FN2O2/c19-14-6-4-13(5-7-14)17-11-16(22)12-21(17)18(23)9-8-15-3-1-2-10-20-15/h1-7,10,16-17,22H,8-9,11-12H2/t16-,17-/m0/s1. The third-order valence-electron chi connectivity index (χ3n) is 4.18. The number of benzene rings is 1. The SMILES string of the molecule is O=C(CCc1ccccn1)N1C[C@@H](O)C[C@H]1c1ccc(F)cc1. The first-order valence-electron chi connectivity index (χ1n) is 7.76. The van der Waals surface area contributed by atoms with Crippen molar-refractivity contribution in [2.24, 2.45) is 0 Å². The third kappa shape index (κ3) is 3.74. The number of rotatable bonds is 4. The molecule has 1 aliphatic rings. The van der Waals surface area contributed by atoms with Crippen molar-refractivity contribution in [3.8, 4) is 0 Å². The summed E-state index contributed by atoms with van der Waals surface area (Å²) in [6.07, 6.45) is 2.58. The summed E-state index contributed by atoms with van der Waals surface area (Å²) < 4.78 is 13.1. The van der Waals surface area contributed by atoms with Gasteiger partial charge in [-0.3, -0.25) is 9.78 Å². The van der Waals surface area contributed by atoms with Gasteiger partial charge in [0, 0.05) is 24.9 Å². The van der Waals surface area contributed by atoms with Gasteiger partial charge in [-0.15, -0.1) is 0 Å². The molecule has 0 saturated carbocycles. The van der Waals surface area contributed by atoms with E-state index in [1.807, 2.05) is 18.2 Å². The quantitative estimate of drug-likeness (QED) is 0.943. The number of aryl methyl sites for hydroxylation is 1. The Hall–Kier alpha value is -2.27. The Kier molecular flexibility index (Phi) is 4.67. The van der Waals surface area contributed by atoms with E-state index in [1.165, 1.54) is 12.1 Å². The molecule has 1 fully saturated rings. The minimum atomic E-state index is -0.538. The lowest BCUT2D eigenvalue weighted by Gasteiger charge is -2.25. The highest BCUT2D eigenvalue weighted by atomic mass is 19.1. The summed E-state index contributed by atoms with van der Waals surface area (Å²) in [5, 5.41) is 9.94. The average molecular weight is 314 g/mol. The molecule has 2 heterocycles. The third-order valence-corrected chi connectivity index (χ3v) is 4.18. The van der Waals surface area contributed by atoms with Gasteiger partial charge in [0.1, 0.15) is 5.82 Å². The number of hydrogen-bond donors (Lipinski definition) is 1. The summed E-state index contributed by atoms with van der Waals surface area (Å²) in [4.78, 5) is 18.4. The van der Waals surface area contributed by atoms with Gasteiger partial charge in [-0.25, -0.2) is 4.39 Å². The monoisotopic (exact) mass is 314 g/mol. The zero-order valence-corrected chi connectivity index (χ0v) is 12.7. The molecule has 1 amide bonds. The minimum absolute atomic E-state index is 0.0125. The van der Waals surface area contributed by atoms with Crippen molar-refractivity contribution in [1.29, 1.82) is 0 Å². The number of nitrogens with zero attached hydrogens (tertiary/aromatic N) is 2. The summed E-state index contributed by atoms with van der Waals surface area (Å²) in [6.45, 7) is 0.323. The molecule has 0 spiro atoms. The lowest BCUT2D eigenvalue weighted by atomic mass is 10.0. The maximum atomic E-state index is 13.1. The number of amides is 1. The molecular weight excluding hydrogens is 295 g/mol. The van der Waals surface area contributed by atoms with Crippen LogP contribution in [0.2, 0.25) is 0 Å². The first-order valence-corrected chi connectivity index (χ1v) is 7.76. The van der Waals surface area contributed by atoms with E-state index in [4.69, 9.17) is 0 Å². The van der Waals surface area contributed by atoms with Crippen molar-refractivity contribution in [2.45, 2.75) is 31.4 Å². The Morgan fingerprint density at radius 2 is 2.04 bits per heavy atom.